The van der Waals surface area contributed by atoms with E-state index in [1.54, 1.807) is 12.5 Å². The average Bonchev–Trinajstić information content (AvgIpc) is 3.20. The Morgan fingerprint density at radius 3 is 2.74 bits per heavy atom. The first-order valence-corrected chi connectivity index (χ1v) is 9.95. The second-order valence-electron chi connectivity index (χ2n) is 7.64. The molecule has 0 unspecified atom stereocenters. The van der Waals surface area contributed by atoms with E-state index in [9.17, 15) is 4.79 Å². The first-order chi connectivity index (χ1) is 13.3. The highest BCUT2D eigenvalue weighted by Gasteiger charge is 2.25. The van der Waals surface area contributed by atoms with E-state index in [1.165, 1.54) is 0 Å². The lowest BCUT2D eigenvalue weighted by atomic mass is 9.90. The molecule has 0 bridgehead atoms. The van der Waals surface area contributed by atoms with Gasteiger partial charge in [0.1, 0.15) is 6.33 Å². The van der Waals surface area contributed by atoms with Crippen LogP contribution in [0.2, 0.25) is 0 Å². The van der Waals surface area contributed by atoms with Gasteiger partial charge in [0.25, 0.3) is 0 Å². The van der Waals surface area contributed by atoms with E-state index in [0.29, 0.717) is 24.4 Å². The van der Waals surface area contributed by atoms with Crippen LogP contribution >= 0.6 is 0 Å². The number of carbonyl (C=O) groups excluding carboxylic acids is 1. The van der Waals surface area contributed by atoms with Crippen molar-refractivity contribution in [2.45, 2.75) is 57.0 Å². The zero-order chi connectivity index (χ0) is 18.5. The zero-order valence-electron chi connectivity index (χ0n) is 15.6. The molecule has 1 saturated carbocycles. The SMILES string of the molecule is O=C(CC1CCOCC1)NC1CCC(n2cc(-c3ccncn3)cn2)CC1. The lowest BCUT2D eigenvalue weighted by molar-refractivity contribution is -0.123. The molecule has 2 aliphatic rings. The number of amides is 1. The first-order valence-electron chi connectivity index (χ1n) is 9.95. The quantitative estimate of drug-likeness (QED) is 0.876. The van der Waals surface area contributed by atoms with Crippen LogP contribution in [0, 0.1) is 5.92 Å². The average molecular weight is 369 g/mol. The van der Waals surface area contributed by atoms with Gasteiger partial charge in [-0.15, -0.1) is 0 Å². The van der Waals surface area contributed by atoms with E-state index in [0.717, 1.165) is 63.0 Å². The van der Waals surface area contributed by atoms with Crippen molar-refractivity contribution in [2.24, 2.45) is 5.92 Å². The molecule has 1 N–H and O–H groups in total. The van der Waals surface area contributed by atoms with Gasteiger partial charge in [-0.05, 0) is 50.5 Å². The summed E-state index contributed by atoms with van der Waals surface area (Å²) in [6.07, 6.45) is 14.0. The van der Waals surface area contributed by atoms with Gasteiger partial charge < -0.3 is 10.1 Å². The number of aromatic nitrogens is 4. The molecule has 0 radical (unpaired) electrons. The van der Waals surface area contributed by atoms with Gasteiger partial charge in [-0.2, -0.15) is 5.10 Å². The summed E-state index contributed by atoms with van der Waals surface area (Å²) < 4.78 is 7.42. The molecule has 0 spiro atoms. The molecule has 2 aromatic heterocycles. The Hall–Kier alpha value is -2.28. The standard InChI is InChI=1S/C20H27N5O2/c26-20(11-15-6-9-27-10-7-15)24-17-1-3-18(4-2-17)25-13-16(12-23-25)19-5-8-21-14-22-19/h5,8,12-15,17-18H,1-4,6-7,9-11H2,(H,24,26). The molecule has 1 aliphatic carbocycles. The number of ether oxygens (including phenoxy) is 1. The molecule has 1 saturated heterocycles. The summed E-state index contributed by atoms with van der Waals surface area (Å²) in [5.74, 6) is 0.690. The Morgan fingerprint density at radius 1 is 1.19 bits per heavy atom. The minimum Gasteiger partial charge on any atom is -0.381 e. The Kier molecular flexibility index (Phi) is 5.77. The molecule has 4 rings (SSSR count). The minimum absolute atomic E-state index is 0.204. The molecular weight excluding hydrogens is 342 g/mol. The molecule has 7 heteroatoms. The second-order valence-corrected chi connectivity index (χ2v) is 7.64. The fourth-order valence-corrected chi connectivity index (χ4v) is 4.12. The molecular formula is C20H27N5O2. The smallest absolute Gasteiger partial charge is 0.220 e. The summed E-state index contributed by atoms with van der Waals surface area (Å²) in [5.41, 5.74) is 1.91. The Balaban J connectivity index is 1.25. The third-order valence-electron chi connectivity index (χ3n) is 5.73. The van der Waals surface area contributed by atoms with Crippen molar-refractivity contribution >= 4 is 5.91 Å². The Labute approximate surface area is 159 Å². The van der Waals surface area contributed by atoms with Gasteiger partial charge >= 0.3 is 0 Å². The van der Waals surface area contributed by atoms with E-state index in [2.05, 4.69) is 31.3 Å². The van der Waals surface area contributed by atoms with Gasteiger partial charge in [0.2, 0.25) is 5.91 Å². The lowest BCUT2D eigenvalue weighted by Crippen LogP contribution is -2.39. The van der Waals surface area contributed by atoms with Gasteiger partial charge in [-0.3, -0.25) is 9.48 Å². The topological polar surface area (TPSA) is 81.9 Å². The van der Waals surface area contributed by atoms with E-state index in [1.807, 2.05) is 12.3 Å². The molecule has 3 heterocycles. The highest BCUT2D eigenvalue weighted by Crippen LogP contribution is 2.29. The number of nitrogens with one attached hydrogen (secondary N) is 1. The molecule has 2 fully saturated rings. The number of rotatable bonds is 5. The van der Waals surface area contributed by atoms with Crippen molar-refractivity contribution in [3.63, 3.8) is 0 Å². The summed E-state index contributed by atoms with van der Waals surface area (Å²) in [6.45, 7) is 1.59. The number of carbonyl (C=O) groups is 1. The van der Waals surface area contributed by atoms with E-state index < -0.39 is 0 Å². The molecule has 0 aromatic carbocycles. The van der Waals surface area contributed by atoms with Crippen LogP contribution < -0.4 is 5.32 Å². The molecule has 27 heavy (non-hydrogen) atoms. The second kappa shape index (κ2) is 8.61. The van der Waals surface area contributed by atoms with Gasteiger partial charge in [0.15, 0.2) is 0 Å². The largest absolute Gasteiger partial charge is 0.381 e. The Bertz CT molecular complexity index is 734. The van der Waals surface area contributed by atoms with E-state index >= 15 is 0 Å². The number of hydrogen-bond donors (Lipinski definition) is 1. The molecule has 7 nitrogen and oxygen atoms in total. The van der Waals surface area contributed by atoms with Crippen LogP contribution in [0.4, 0.5) is 0 Å². The van der Waals surface area contributed by atoms with Crippen LogP contribution in [0.5, 0.6) is 0 Å². The van der Waals surface area contributed by atoms with Crippen LogP contribution in [-0.2, 0) is 9.53 Å². The highest BCUT2D eigenvalue weighted by molar-refractivity contribution is 5.76. The zero-order valence-corrected chi connectivity index (χ0v) is 15.6. The van der Waals surface area contributed by atoms with Gasteiger partial charge in [-0.1, -0.05) is 0 Å². The van der Waals surface area contributed by atoms with E-state index in [-0.39, 0.29) is 5.91 Å². The van der Waals surface area contributed by atoms with Crippen molar-refractivity contribution in [3.8, 4) is 11.3 Å². The van der Waals surface area contributed by atoms with Crippen LogP contribution in [-0.4, -0.2) is 44.9 Å². The minimum atomic E-state index is 0.204. The summed E-state index contributed by atoms with van der Waals surface area (Å²) >= 11 is 0. The summed E-state index contributed by atoms with van der Waals surface area (Å²) in [5, 5.41) is 7.78. The summed E-state index contributed by atoms with van der Waals surface area (Å²) in [7, 11) is 0. The molecule has 1 amide bonds. The predicted octanol–water partition coefficient (Wildman–Crippen LogP) is 2.76. The molecule has 1 aliphatic heterocycles. The van der Waals surface area contributed by atoms with Crippen LogP contribution in [0.25, 0.3) is 11.3 Å². The van der Waals surface area contributed by atoms with E-state index in [4.69, 9.17) is 4.74 Å². The maximum Gasteiger partial charge on any atom is 0.220 e. The van der Waals surface area contributed by atoms with Gasteiger partial charge in [-0.25, -0.2) is 9.97 Å². The summed E-state index contributed by atoms with van der Waals surface area (Å²) in [4.78, 5) is 20.5. The van der Waals surface area contributed by atoms with Crippen LogP contribution in [0.3, 0.4) is 0 Å². The number of hydrogen-bond acceptors (Lipinski definition) is 5. The number of nitrogens with zero attached hydrogens (tertiary/aromatic N) is 4. The third kappa shape index (κ3) is 4.71. The Morgan fingerprint density at radius 2 is 2.00 bits per heavy atom. The molecule has 2 aromatic rings. The first kappa shape index (κ1) is 18.1. The summed E-state index contributed by atoms with van der Waals surface area (Å²) in [6, 6.07) is 2.58. The highest BCUT2D eigenvalue weighted by atomic mass is 16.5. The van der Waals surface area contributed by atoms with Crippen LogP contribution in [0.1, 0.15) is 51.0 Å². The monoisotopic (exact) mass is 369 g/mol. The van der Waals surface area contributed by atoms with Crippen molar-refractivity contribution in [3.05, 3.63) is 31.0 Å². The van der Waals surface area contributed by atoms with Gasteiger partial charge in [0, 0.05) is 43.6 Å². The van der Waals surface area contributed by atoms with Gasteiger partial charge in [0.05, 0.1) is 17.9 Å². The van der Waals surface area contributed by atoms with Crippen LogP contribution in [0.15, 0.2) is 31.0 Å². The fourth-order valence-electron chi connectivity index (χ4n) is 4.12. The van der Waals surface area contributed by atoms with Crippen molar-refractivity contribution < 1.29 is 9.53 Å². The fraction of sp³-hybridized carbons (Fsp3) is 0.600. The molecule has 144 valence electrons. The van der Waals surface area contributed by atoms with Crippen molar-refractivity contribution in [2.75, 3.05) is 13.2 Å². The van der Waals surface area contributed by atoms with Crippen molar-refractivity contribution in [1.29, 1.82) is 0 Å². The third-order valence-corrected chi connectivity index (χ3v) is 5.73. The normalized spacial score (nSPS) is 23.9. The maximum atomic E-state index is 12.3. The predicted molar refractivity (Wildman–Crippen MR) is 101 cm³/mol. The lowest BCUT2D eigenvalue weighted by Gasteiger charge is -2.30. The van der Waals surface area contributed by atoms with Crippen molar-refractivity contribution in [1.82, 2.24) is 25.1 Å². The maximum absolute atomic E-state index is 12.3. The molecule has 0 atom stereocenters.